The molecule has 0 saturated carbocycles. The highest BCUT2D eigenvalue weighted by Gasteiger charge is 2.34. The van der Waals surface area contributed by atoms with Crippen molar-refractivity contribution in [3.8, 4) is 0 Å². The van der Waals surface area contributed by atoms with Crippen LogP contribution in [0.1, 0.15) is 47.0 Å². The average Bonchev–Trinajstić information content (AvgIpc) is 2.98. The summed E-state index contributed by atoms with van der Waals surface area (Å²) in [6.45, 7) is 13.5. The van der Waals surface area contributed by atoms with Gasteiger partial charge >= 0.3 is 0 Å². The summed E-state index contributed by atoms with van der Waals surface area (Å²) in [6, 6.07) is 1.14. The Labute approximate surface area is 171 Å². The smallest absolute Gasteiger partial charge is 0.190 e. The van der Waals surface area contributed by atoms with Crippen LogP contribution in [0.3, 0.4) is 0 Å². The third kappa shape index (κ3) is 8.88. The number of aliphatic hydroxyl groups excluding tert-OH is 1. The van der Waals surface area contributed by atoms with Crippen LogP contribution in [0.15, 0.2) is 4.99 Å². The lowest BCUT2D eigenvalue weighted by Crippen LogP contribution is -2.45. The second kappa shape index (κ2) is 13.1. The van der Waals surface area contributed by atoms with Gasteiger partial charge in [-0.25, -0.2) is 0 Å². The minimum atomic E-state index is 0. The first-order valence-corrected chi connectivity index (χ1v) is 9.33. The average molecular weight is 470 g/mol. The van der Waals surface area contributed by atoms with Crippen LogP contribution in [0.5, 0.6) is 0 Å². The van der Waals surface area contributed by atoms with Crippen molar-refractivity contribution in [3.05, 3.63) is 0 Å². The molecule has 3 N–H and O–H groups in total. The predicted molar refractivity (Wildman–Crippen MR) is 116 cm³/mol. The van der Waals surface area contributed by atoms with E-state index >= 15 is 0 Å². The van der Waals surface area contributed by atoms with Gasteiger partial charge < -0.3 is 20.5 Å². The van der Waals surface area contributed by atoms with Gasteiger partial charge in [0.15, 0.2) is 5.96 Å². The quantitative estimate of drug-likeness (QED) is 0.198. The number of hydrogen-bond donors (Lipinski definition) is 3. The zero-order chi connectivity index (χ0) is 18.0. The first-order valence-electron chi connectivity index (χ1n) is 9.33. The lowest BCUT2D eigenvalue weighted by atomic mass is 9.84. The van der Waals surface area contributed by atoms with Crippen molar-refractivity contribution in [2.45, 2.75) is 59.0 Å². The molecule has 150 valence electrons. The van der Waals surface area contributed by atoms with Gasteiger partial charge in [-0.1, -0.05) is 0 Å². The monoisotopic (exact) mass is 470 g/mol. The van der Waals surface area contributed by atoms with E-state index in [4.69, 9.17) is 4.74 Å². The van der Waals surface area contributed by atoms with Crippen molar-refractivity contribution in [1.82, 2.24) is 15.5 Å². The van der Waals surface area contributed by atoms with E-state index < -0.39 is 0 Å². The van der Waals surface area contributed by atoms with Crippen molar-refractivity contribution in [3.63, 3.8) is 0 Å². The molecular weight excluding hydrogens is 431 g/mol. The molecule has 25 heavy (non-hydrogen) atoms. The van der Waals surface area contributed by atoms with E-state index in [1.54, 1.807) is 7.05 Å². The molecule has 0 aromatic heterocycles. The molecule has 0 bridgehead atoms. The molecule has 0 aromatic rings. The third-order valence-corrected chi connectivity index (χ3v) is 4.89. The number of nitrogens with zero attached hydrogens (tertiary/aromatic N) is 2. The molecule has 0 amide bonds. The van der Waals surface area contributed by atoms with Gasteiger partial charge in [0.1, 0.15) is 0 Å². The summed E-state index contributed by atoms with van der Waals surface area (Å²) in [7, 11) is 1.80. The number of guanidine groups is 1. The Bertz CT molecular complexity index is 364. The Hall–Kier alpha value is -0.120. The Morgan fingerprint density at radius 3 is 2.40 bits per heavy atom. The number of hydrogen-bond acceptors (Lipinski definition) is 4. The second-order valence-electron chi connectivity index (χ2n) is 7.41. The molecule has 0 spiro atoms. The molecular formula is C18H39IN4O2. The highest BCUT2D eigenvalue weighted by atomic mass is 127. The lowest BCUT2D eigenvalue weighted by Gasteiger charge is -2.30. The highest BCUT2D eigenvalue weighted by molar-refractivity contribution is 14.0. The molecule has 1 saturated heterocycles. The Kier molecular flexibility index (Phi) is 13.0. The Morgan fingerprint density at radius 1 is 1.24 bits per heavy atom. The summed E-state index contributed by atoms with van der Waals surface area (Å²) in [6.07, 6.45) is 2.85. The van der Waals surface area contributed by atoms with Crippen molar-refractivity contribution >= 4 is 29.9 Å². The van der Waals surface area contributed by atoms with Gasteiger partial charge in [-0.05, 0) is 47.0 Å². The van der Waals surface area contributed by atoms with Crippen molar-refractivity contribution in [2.75, 3.05) is 46.5 Å². The molecule has 1 fully saturated rings. The normalized spacial score (nSPS) is 21.1. The SMILES string of the molecule is CN=C(NCCCN(C(C)C)C(C)C)NCC1(CCO)CCOC1.I. The van der Waals surface area contributed by atoms with Gasteiger partial charge in [0, 0.05) is 57.4 Å². The number of aliphatic hydroxyl groups is 1. The summed E-state index contributed by atoms with van der Waals surface area (Å²) < 4.78 is 5.53. The molecule has 1 aliphatic rings. The lowest BCUT2D eigenvalue weighted by molar-refractivity contribution is 0.127. The van der Waals surface area contributed by atoms with Crippen LogP contribution in [0, 0.1) is 5.41 Å². The van der Waals surface area contributed by atoms with E-state index in [1.165, 1.54) is 0 Å². The van der Waals surface area contributed by atoms with Crippen LogP contribution in [0.25, 0.3) is 0 Å². The standard InChI is InChI=1S/C18H38N4O2.HI/c1-15(2)22(16(3)4)10-6-9-20-17(19-5)21-13-18(7-11-23)8-12-24-14-18;/h15-16,23H,6-14H2,1-5H3,(H2,19,20,21);1H. The van der Waals surface area contributed by atoms with E-state index in [1.807, 2.05) is 0 Å². The zero-order valence-electron chi connectivity index (χ0n) is 16.7. The largest absolute Gasteiger partial charge is 0.396 e. The summed E-state index contributed by atoms with van der Waals surface area (Å²) in [4.78, 5) is 6.81. The fourth-order valence-corrected chi connectivity index (χ4v) is 3.38. The first kappa shape index (κ1) is 24.9. The fourth-order valence-electron chi connectivity index (χ4n) is 3.38. The van der Waals surface area contributed by atoms with Crippen LogP contribution < -0.4 is 10.6 Å². The molecule has 0 aromatic carbocycles. The predicted octanol–water partition coefficient (Wildman–Crippen LogP) is 2.07. The molecule has 7 heteroatoms. The van der Waals surface area contributed by atoms with Gasteiger partial charge in [0.2, 0.25) is 0 Å². The maximum Gasteiger partial charge on any atom is 0.190 e. The van der Waals surface area contributed by atoms with Gasteiger partial charge in [-0.15, -0.1) is 24.0 Å². The number of aliphatic imine (C=N–C) groups is 1. The van der Waals surface area contributed by atoms with Gasteiger partial charge in [0.25, 0.3) is 0 Å². The maximum absolute atomic E-state index is 9.30. The van der Waals surface area contributed by atoms with E-state index in [9.17, 15) is 5.11 Å². The van der Waals surface area contributed by atoms with Crippen LogP contribution >= 0.6 is 24.0 Å². The van der Waals surface area contributed by atoms with Gasteiger partial charge in [-0.2, -0.15) is 0 Å². The van der Waals surface area contributed by atoms with E-state index in [2.05, 4.69) is 48.2 Å². The van der Waals surface area contributed by atoms with Crippen LogP contribution in [0.2, 0.25) is 0 Å². The maximum atomic E-state index is 9.30. The number of ether oxygens (including phenoxy) is 1. The summed E-state index contributed by atoms with van der Waals surface area (Å²) >= 11 is 0. The zero-order valence-corrected chi connectivity index (χ0v) is 19.0. The van der Waals surface area contributed by atoms with Crippen molar-refractivity contribution in [2.24, 2.45) is 10.4 Å². The summed E-state index contributed by atoms with van der Waals surface area (Å²) in [5, 5.41) is 16.1. The minimum Gasteiger partial charge on any atom is -0.396 e. The summed E-state index contributed by atoms with van der Waals surface area (Å²) in [5.74, 6) is 0.833. The molecule has 1 heterocycles. The van der Waals surface area contributed by atoms with E-state index in [0.717, 1.165) is 58.1 Å². The van der Waals surface area contributed by atoms with Gasteiger partial charge in [-0.3, -0.25) is 9.89 Å². The topological polar surface area (TPSA) is 69.1 Å². The van der Waals surface area contributed by atoms with Gasteiger partial charge in [0.05, 0.1) is 6.61 Å². The second-order valence-corrected chi connectivity index (χ2v) is 7.41. The number of halogens is 1. The van der Waals surface area contributed by atoms with E-state index in [0.29, 0.717) is 12.1 Å². The molecule has 0 aliphatic carbocycles. The van der Waals surface area contributed by atoms with Crippen molar-refractivity contribution in [1.29, 1.82) is 0 Å². The minimum absolute atomic E-state index is 0. The summed E-state index contributed by atoms with van der Waals surface area (Å²) in [5.41, 5.74) is 0.0401. The van der Waals surface area contributed by atoms with Crippen molar-refractivity contribution < 1.29 is 9.84 Å². The van der Waals surface area contributed by atoms with Crippen LogP contribution in [-0.4, -0.2) is 74.6 Å². The molecule has 1 aliphatic heterocycles. The highest BCUT2D eigenvalue weighted by Crippen LogP contribution is 2.31. The molecule has 1 rings (SSSR count). The Morgan fingerprint density at radius 2 is 1.92 bits per heavy atom. The third-order valence-electron chi connectivity index (χ3n) is 4.89. The fraction of sp³-hybridized carbons (Fsp3) is 0.944. The molecule has 1 unspecified atom stereocenters. The first-order chi connectivity index (χ1) is 11.4. The van der Waals surface area contributed by atoms with Crippen LogP contribution in [0.4, 0.5) is 0 Å². The van der Waals surface area contributed by atoms with Crippen LogP contribution in [-0.2, 0) is 4.74 Å². The molecule has 1 atom stereocenters. The number of nitrogens with one attached hydrogen (secondary N) is 2. The number of rotatable bonds is 10. The Balaban J connectivity index is 0.00000576. The molecule has 6 nitrogen and oxygen atoms in total. The molecule has 0 radical (unpaired) electrons. The van der Waals surface area contributed by atoms with E-state index in [-0.39, 0.29) is 36.0 Å².